The monoisotopic (exact) mass is 189 g/mol. The minimum atomic E-state index is -1.28. The van der Waals surface area contributed by atoms with E-state index in [1.807, 2.05) is 0 Å². The minimum Gasteiger partial charge on any atom is -0.479 e. The first kappa shape index (κ1) is 11.7. The van der Waals surface area contributed by atoms with Crippen molar-refractivity contribution < 1.29 is 15.0 Å². The zero-order chi connectivity index (χ0) is 10.3. The van der Waals surface area contributed by atoms with E-state index in [4.69, 9.17) is 21.7 Å². The van der Waals surface area contributed by atoms with Crippen molar-refractivity contribution in [1.82, 2.24) is 0 Å². The summed E-state index contributed by atoms with van der Waals surface area (Å²) in [5, 5.41) is 17.2. The van der Waals surface area contributed by atoms with Crippen LogP contribution in [0.1, 0.15) is 19.3 Å². The lowest BCUT2D eigenvalue weighted by Gasteiger charge is -2.03. The van der Waals surface area contributed by atoms with E-state index in [-0.39, 0.29) is 12.4 Å². The first-order valence-electron chi connectivity index (χ1n) is 4.00. The molecule has 0 aromatic rings. The molecule has 0 aliphatic heterocycles. The fraction of sp³-hybridized carbons (Fsp3) is 0.714. The molecule has 0 rings (SSSR count). The van der Waals surface area contributed by atoms with E-state index in [1.54, 1.807) is 0 Å². The van der Waals surface area contributed by atoms with Gasteiger partial charge in [-0.25, -0.2) is 4.79 Å². The zero-order valence-corrected chi connectivity index (χ0v) is 7.31. The Morgan fingerprint density at radius 1 is 1.38 bits per heavy atom. The molecule has 0 amide bonds. The zero-order valence-electron chi connectivity index (χ0n) is 7.31. The Morgan fingerprint density at radius 3 is 2.46 bits per heavy atom. The Kier molecular flexibility index (Phi) is 5.62. The minimum absolute atomic E-state index is 0.0267. The van der Waals surface area contributed by atoms with E-state index in [0.29, 0.717) is 19.4 Å². The number of nitrogens with zero attached hydrogens (tertiary/aromatic N) is 1. The van der Waals surface area contributed by atoms with Gasteiger partial charge < -0.3 is 21.7 Å². The SMILES string of the molecule is NC(N)=NCCCC[C@H](O)C(=O)O. The maximum atomic E-state index is 10.2. The van der Waals surface area contributed by atoms with Crippen molar-refractivity contribution in [3.05, 3.63) is 0 Å². The molecule has 0 aromatic heterocycles. The molecule has 0 radical (unpaired) electrons. The summed E-state index contributed by atoms with van der Waals surface area (Å²) in [7, 11) is 0. The molecule has 0 saturated heterocycles. The van der Waals surface area contributed by atoms with E-state index in [1.165, 1.54) is 0 Å². The summed E-state index contributed by atoms with van der Waals surface area (Å²) in [6, 6.07) is 0. The summed E-state index contributed by atoms with van der Waals surface area (Å²) in [6.07, 6.45) is 0.209. The van der Waals surface area contributed by atoms with Gasteiger partial charge in [-0.3, -0.25) is 4.99 Å². The number of rotatable bonds is 6. The number of hydrogen-bond donors (Lipinski definition) is 4. The second kappa shape index (κ2) is 6.24. The van der Waals surface area contributed by atoms with Crippen molar-refractivity contribution in [1.29, 1.82) is 0 Å². The molecule has 0 heterocycles. The number of carboxylic acid groups (broad SMARTS) is 1. The van der Waals surface area contributed by atoms with Crippen molar-refractivity contribution in [2.24, 2.45) is 16.5 Å². The molecule has 6 heteroatoms. The number of hydrogen-bond acceptors (Lipinski definition) is 3. The predicted molar refractivity (Wildman–Crippen MR) is 48.2 cm³/mol. The number of aliphatic hydroxyl groups excluding tert-OH is 1. The lowest BCUT2D eigenvalue weighted by atomic mass is 10.1. The van der Waals surface area contributed by atoms with Gasteiger partial charge in [0.05, 0.1) is 0 Å². The molecule has 13 heavy (non-hydrogen) atoms. The van der Waals surface area contributed by atoms with Crippen LogP contribution in [-0.2, 0) is 4.79 Å². The quantitative estimate of drug-likeness (QED) is 0.239. The van der Waals surface area contributed by atoms with Crippen molar-refractivity contribution >= 4 is 11.9 Å². The summed E-state index contributed by atoms with van der Waals surface area (Å²) in [5.74, 6) is -1.17. The lowest BCUT2D eigenvalue weighted by Crippen LogP contribution is -2.23. The molecule has 6 nitrogen and oxygen atoms in total. The Hall–Kier alpha value is -1.30. The third kappa shape index (κ3) is 7.07. The van der Waals surface area contributed by atoms with E-state index >= 15 is 0 Å². The number of carboxylic acids is 1. The highest BCUT2D eigenvalue weighted by molar-refractivity contribution is 5.75. The average Bonchev–Trinajstić information content (AvgIpc) is 2.02. The fourth-order valence-electron chi connectivity index (χ4n) is 0.781. The molecule has 0 spiro atoms. The van der Waals surface area contributed by atoms with Gasteiger partial charge in [-0.2, -0.15) is 0 Å². The standard InChI is InChI=1S/C7H15N3O3/c8-7(9)10-4-2-1-3-5(11)6(12)13/h5,11H,1-4H2,(H,12,13)(H4,8,9,10)/t5-/m0/s1. The third-order valence-electron chi connectivity index (χ3n) is 1.47. The highest BCUT2D eigenvalue weighted by atomic mass is 16.4. The molecule has 76 valence electrons. The molecule has 0 unspecified atom stereocenters. The number of carbonyl (C=O) groups is 1. The van der Waals surface area contributed by atoms with E-state index in [2.05, 4.69) is 4.99 Å². The first-order chi connectivity index (χ1) is 6.04. The van der Waals surface area contributed by atoms with E-state index in [9.17, 15) is 4.79 Å². The molecular formula is C7H15N3O3. The van der Waals surface area contributed by atoms with Gasteiger partial charge in [0.2, 0.25) is 0 Å². The van der Waals surface area contributed by atoms with Gasteiger partial charge in [0.25, 0.3) is 0 Å². The van der Waals surface area contributed by atoms with Crippen LogP contribution < -0.4 is 11.5 Å². The van der Waals surface area contributed by atoms with Gasteiger partial charge in [0.15, 0.2) is 12.1 Å². The van der Waals surface area contributed by atoms with Crippen molar-refractivity contribution in [2.45, 2.75) is 25.4 Å². The Bertz CT molecular complexity index is 189. The molecule has 0 fully saturated rings. The van der Waals surface area contributed by atoms with Crippen molar-refractivity contribution in [3.63, 3.8) is 0 Å². The molecule has 0 aliphatic rings. The fourth-order valence-corrected chi connectivity index (χ4v) is 0.781. The number of unbranched alkanes of at least 4 members (excludes halogenated alkanes) is 1. The second-order valence-corrected chi connectivity index (χ2v) is 2.66. The van der Waals surface area contributed by atoms with Gasteiger partial charge >= 0.3 is 5.97 Å². The Labute approximate surface area is 76.3 Å². The summed E-state index contributed by atoms with van der Waals surface area (Å²) in [5.41, 5.74) is 10.1. The topological polar surface area (TPSA) is 122 Å². The second-order valence-electron chi connectivity index (χ2n) is 2.66. The summed E-state index contributed by atoms with van der Waals surface area (Å²) < 4.78 is 0. The highest BCUT2D eigenvalue weighted by Crippen LogP contribution is 2.00. The first-order valence-corrected chi connectivity index (χ1v) is 4.00. The van der Waals surface area contributed by atoms with Crippen LogP contribution in [0.3, 0.4) is 0 Å². The molecule has 1 atom stereocenters. The number of nitrogens with two attached hydrogens (primary N) is 2. The van der Waals surface area contributed by atoms with Crippen LogP contribution >= 0.6 is 0 Å². The highest BCUT2D eigenvalue weighted by Gasteiger charge is 2.11. The normalized spacial score (nSPS) is 12.1. The van der Waals surface area contributed by atoms with Gasteiger partial charge in [0, 0.05) is 6.54 Å². The summed E-state index contributed by atoms with van der Waals surface area (Å²) in [6.45, 7) is 0.467. The summed E-state index contributed by atoms with van der Waals surface area (Å²) >= 11 is 0. The van der Waals surface area contributed by atoms with Crippen molar-refractivity contribution in [3.8, 4) is 0 Å². The number of aliphatic carboxylic acids is 1. The number of aliphatic imine (C=N–C) groups is 1. The molecule has 0 saturated carbocycles. The maximum Gasteiger partial charge on any atom is 0.332 e. The Morgan fingerprint density at radius 2 is 2.00 bits per heavy atom. The van der Waals surface area contributed by atoms with Crippen molar-refractivity contribution in [2.75, 3.05) is 6.54 Å². The average molecular weight is 189 g/mol. The van der Waals surface area contributed by atoms with Gasteiger partial charge in [-0.1, -0.05) is 0 Å². The summed E-state index contributed by atoms with van der Waals surface area (Å²) in [4.78, 5) is 13.9. The van der Waals surface area contributed by atoms with Gasteiger partial charge in [-0.05, 0) is 19.3 Å². The number of guanidine groups is 1. The van der Waals surface area contributed by atoms with Gasteiger partial charge in [-0.15, -0.1) is 0 Å². The van der Waals surface area contributed by atoms with Crippen LogP contribution in [0.25, 0.3) is 0 Å². The van der Waals surface area contributed by atoms with Crippen LogP contribution in [0.4, 0.5) is 0 Å². The van der Waals surface area contributed by atoms with Crippen LogP contribution in [0.2, 0.25) is 0 Å². The third-order valence-corrected chi connectivity index (χ3v) is 1.47. The van der Waals surface area contributed by atoms with E-state index < -0.39 is 12.1 Å². The molecule has 0 aromatic carbocycles. The van der Waals surface area contributed by atoms with Crippen LogP contribution in [0, 0.1) is 0 Å². The number of aliphatic hydroxyl groups is 1. The largest absolute Gasteiger partial charge is 0.479 e. The lowest BCUT2D eigenvalue weighted by molar-refractivity contribution is -0.146. The van der Waals surface area contributed by atoms with Crippen LogP contribution in [0.5, 0.6) is 0 Å². The molecule has 0 bridgehead atoms. The van der Waals surface area contributed by atoms with Crippen LogP contribution in [0.15, 0.2) is 4.99 Å². The predicted octanol–water partition coefficient (Wildman–Crippen LogP) is -1.12. The molecule has 0 aliphatic carbocycles. The molecule has 6 N–H and O–H groups in total. The van der Waals surface area contributed by atoms with Crippen LogP contribution in [-0.4, -0.2) is 34.8 Å². The van der Waals surface area contributed by atoms with E-state index in [0.717, 1.165) is 0 Å². The smallest absolute Gasteiger partial charge is 0.332 e. The van der Waals surface area contributed by atoms with Gasteiger partial charge in [0.1, 0.15) is 0 Å². The molecular weight excluding hydrogens is 174 g/mol. The maximum absolute atomic E-state index is 10.2. The Balaban J connectivity index is 3.36.